The van der Waals surface area contributed by atoms with Crippen molar-refractivity contribution in [3.63, 3.8) is 0 Å². The van der Waals surface area contributed by atoms with Crippen LogP contribution >= 0.6 is 12.6 Å². The lowest BCUT2D eigenvalue weighted by atomic mass is 9.98. The molecule has 0 saturated heterocycles. The molecule has 11 heteroatoms. The van der Waals surface area contributed by atoms with Crippen LogP contribution in [0.5, 0.6) is 0 Å². The van der Waals surface area contributed by atoms with E-state index in [2.05, 4.69) is 28.6 Å². The molecule has 3 amide bonds. The molecule has 0 bridgehead atoms. The number of carbonyl (C=O) groups excluding carboxylic acids is 3. The van der Waals surface area contributed by atoms with Crippen molar-refractivity contribution in [1.29, 1.82) is 0 Å². The molecule has 150 valence electrons. The van der Waals surface area contributed by atoms with Crippen molar-refractivity contribution in [2.75, 3.05) is 12.3 Å². The molecular formula is C15H28N4O6S. The van der Waals surface area contributed by atoms with Crippen LogP contribution in [0, 0.1) is 5.92 Å². The van der Waals surface area contributed by atoms with E-state index in [0.29, 0.717) is 6.42 Å². The minimum atomic E-state index is -1.52. The maximum atomic E-state index is 12.5. The predicted molar refractivity (Wildman–Crippen MR) is 97.5 cm³/mol. The number of carboxylic acids is 1. The van der Waals surface area contributed by atoms with E-state index in [4.69, 9.17) is 10.8 Å². The average molecular weight is 392 g/mol. The quantitative estimate of drug-likeness (QED) is 0.196. The van der Waals surface area contributed by atoms with Crippen molar-refractivity contribution < 1.29 is 29.4 Å². The van der Waals surface area contributed by atoms with Crippen molar-refractivity contribution in [3.05, 3.63) is 0 Å². The van der Waals surface area contributed by atoms with Gasteiger partial charge in [-0.25, -0.2) is 4.79 Å². The van der Waals surface area contributed by atoms with Crippen LogP contribution in [-0.4, -0.2) is 70.4 Å². The van der Waals surface area contributed by atoms with Gasteiger partial charge in [-0.3, -0.25) is 14.4 Å². The Labute approximate surface area is 157 Å². The Bertz CT molecular complexity index is 516. The number of thiol groups is 1. The van der Waals surface area contributed by atoms with Gasteiger partial charge in [0.05, 0.1) is 12.6 Å². The summed E-state index contributed by atoms with van der Waals surface area (Å²) >= 11 is 3.99. The number of carbonyl (C=O) groups is 4. The van der Waals surface area contributed by atoms with Crippen LogP contribution in [0.25, 0.3) is 0 Å². The highest BCUT2D eigenvalue weighted by atomic mass is 32.1. The Hall–Kier alpha value is -1.85. The maximum absolute atomic E-state index is 12.5. The Morgan fingerprint density at radius 2 is 1.62 bits per heavy atom. The maximum Gasteiger partial charge on any atom is 0.328 e. The summed E-state index contributed by atoms with van der Waals surface area (Å²) in [5.74, 6) is -3.68. The van der Waals surface area contributed by atoms with Crippen LogP contribution in [0.2, 0.25) is 0 Å². The summed E-state index contributed by atoms with van der Waals surface area (Å²) in [4.78, 5) is 47.3. The summed E-state index contributed by atoms with van der Waals surface area (Å²) in [5, 5.41) is 25.5. The van der Waals surface area contributed by atoms with Gasteiger partial charge in [0.1, 0.15) is 12.1 Å². The van der Waals surface area contributed by atoms with Gasteiger partial charge in [0.25, 0.3) is 0 Å². The van der Waals surface area contributed by atoms with Gasteiger partial charge in [0.2, 0.25) is 17.7 Å². The first-order chi connectivity index (χ1) is 12.1. The monoisotopic (exact) mass is 392 g/mol. The first-order valence-electron chi connectivity index (χ1n) is 8.20. The Morgan fingerprint density at radius 1 is 1.04 bits per heavy atom. The lowest BCUT2D eigenvalue weighted by Gasteiger charge is -2.26. The predicted octanol–water partition coefficient (Wildman–Crippen LogP) is -2.16. The van der Waals surface area contributed by atoms with E-state index in [-0.39, 0.29) is 18.2 Å². The first-order valence-corrected chi connectivity index (χ1v) is 8.84. The van der Waals surface area contributed by atoms with E-state index in [1.807, 2.05) is 6.92 Å². The number of nitrogens with two attached hydrogens (primary N) is 1. The second-order valence-electron chi connectivity index (χ2n) is 5.94. The van der Waals surface area contributed by atoms with Gasteiger partial charge in [0, 0.05) is 5.75 Å². The van der Waals surface area contributed by atoms with Gasteiger partial charge in [-0.15, -0.1) is 0 Å². The zero-order valence-corrected chi connectivity index (χ0v) is 16.0. The highest BCUT2D eigenvalue weighted by Gasteiger charge is 2.32. The van der Waals surface area contributed by atoms with Gasteiger partial charge < -0.3 is 31.9 Å². The van der Waals surface area contributed by atoms with E-state index in [1.165, 1.54) is 6.92 Å². The lowest BCUT2D eigenvalue weighted by molar-refractivity contribution is -0.145. The molecule has 26 heavy (non-hydrogen) atoms. The molecule has 0 aliphatic heterocycles. The van der Waals surface area contributed by atoms with Crippen molar-refractivity contribution in [3.8, 4) is 0 Å². The molecule has 0 rings (SSSR count). The first kappa shape index (κ1) is 24.1. The summed E-state index contributed by atoms with van der Waals surface area (Å²) in [7, 11) is 0. The molecule has 0 fully saturated rings. The normalized spacial score (nSPS) is 16.5. The van der Waals surface area contributed by atoms with Crippen molar-refractivity contribution in [2.24, 2.45) is 11.7 Å². The molecule has 0 aliphatic carbocycles. The number of aliphatic hydroxyl groups is 1. The Morgan fingerprint density at radius 3 is 2.00 bits per heavy atom. The zero-order chi connectivity index (χ0) is 20.4. The number of nitrogens with one attached hydrogen (secondary N) is 3. The fourth-order valence-electron chi connectivity index (χ4n) is 2.03. The van der Waals surface area contributed by atoms with Gasteiger partial charge >= 0.3 is 5.97 Å². The number of carboxylic acid groups (broad SMARTS) is 1. The number of hydrogen-bond donors (Lipinski definition) is 7. The highest BCUT2D eigenvalue weighted by molar-refractivity contribution is 7.80. The van der Waals surface area contributed by atoms with Crippen LogP contribution in [0.15, 0.2) is 0 Å². The summed E-state index contributed by atoms with van der Waals surface area (Å²) in [5.41, 5.74) is 5.25. The Kier molecular flexibility index (Phi) is 10.9. The van der Waals surface area contributed by atoms with Gasteiger partial charge in [-0.05, 0) is 12.8 Å². The fraction of sp³-hybridized carbons (Fsp3) is 0.733. The molecule has 0 aliphatic rings. The second kappa shape index (κ2) is 11.7. The van der Waals surface area contributed by atoms with E-state index < -0.39 is 47.9 Å². The smallest absolute Gasteiger partial charge is 0.328 e. The number of amides is 3. The molecule has 0 heterocycles. The summed E-state index contributed by atoms with van der Waals surface area (Å²) in [6.45, 7) is 4.52. The molecule has 5 unspecified atom stereocenters. The number of aliphatic carboxylic acids is 1. The molecule has 0 aromatic carbocycles. The molecule has 0 saturated carbocycles. The number of rotatable bonds is 11. The van der Waals surface area contributed by atoms with Crippen molar-refractivity contribution in [2.45, 2.75) is 51.4 Å². The highest BCUT2D eigenvalue weighted by Crippen LogP contribution is 2.08. The molecule has 0 radical (unpaired) electrons. The standard InChI is InChI=1S/C15H28N4O6S/c1-4-7(2)11(18-10(21)5-16)14(23)17-9(6-26)13(22)19-12(8(3)20)15(24)25/h7-9,11-12,20,26H,4-6,16H2,1-3H3,(H,17,23)(H,18,21)(H,19,22)(H,24,25). The van der Waals surface area contributed by atoms with Gasteiger partial charge in [-0.1, -0.05) is 20.3 Å². The average Bonchev–Trinajstić information content (AvgIpc) is 2.59. The number of aliphatic hydroxyl groups excluding tert-OH is 1. The molecule has 0 aromatic heterocycles. The molecule has 0 spiro atoms. The third-order valence-electron chi connectivity index (χ3n) is 3.86. The molecule has 5 atom stereocenters. The molecule has 0 aromatic rings. The minimum Gasteiger partial charge on any atom is -0.480 e. The SMILES string of the molecule is CCC(C)C(NC(=O)CN)C(=O)NC(CS)C(=O)NC(C(=O)O)C(C)O. The summed E-state index contributed by atoms with van der Waals surface area (Å²) < 4.78 is 0. The number of hydrogen-bond acceptors (Lipinski definition) is 7. The van der Waals surface area contributed by atoms with Crippen molar-refractivity contribution >= 4 is 36.3 Å². The molecular weight excluding hydrogens is 364 g/mol. The topological polar surface area (TPSA) is 171 Å². The van der Waals surface area contributed by atoms with Gasteiger partial charge in [0.15, 0.2) is 6.04 Å². The summed E-state index contributed by atoms with van der Waals surface area (Å²) in [6.07, 6.45) is -0.742. The van der Waals surface area contributed by atoms with Crippen molar-refractivity contribution in [1.82, 2.24) is 16.0 Å². The van der Waals surface area contributed by atoms with E-state index in [9.17, 15) is 24.3 Å². The lowest BCUT2D eigenvalue weighted by Crippen LogP contribution is -2.59. The largest absolute Gasteiger partial charge is 0.480 e. The molecule has 10 nitrogen and oxygen atoms in total. The fourth-order valence-corrected chi connectivity index (χ4v) is 2.29. The third kappa shape index (κ3) is 7.58. The van der Waals surface area contributed by atoms with Gasteiger partial charge in [-0.2, -0.15) is 12.6 Å². The third-order valence-corrected chi connectivity index (χ3v) is 4.22. The second-order valence-corrected chi connectivity index (χ2v) is 6.31. The Balaban J connectivity index is 5.14. The van der Waals surface area contributed by atoms with Crippen LogP contribution in [0.4, 0.5) is 0 Å². The van der Waals surface area contributed by atoms with E-state index in [1.54, 1.807) is 6.92 Å². The van der Waals surface area contributed by atoms with E-state index >= 15 is 0 Å². The van der Waals surface area contributed by atoms with E-state index in [0.717, 1.165) is 0 Å². The summed E-state index contributed by atoms with van der Waals surface area (Å²) in [6, 6.07) is -3.57. The zero-order valence-electron chi connectivity index (χ0n) is 15.1. The molecule has 7 N–H and O–H groups in total. The minimum absolute atomic E-state index is 0.109. The van der Waals surface area contributed by atoms with Crippen LogP contribution in [-0.2, 0) is 19.2 Å². The van der Waals surface area contributed by atoms with Crippen LogP contribution in [0.1, 0.15) is 27.2 Å². The van der Waals surface area contributed by atoms with Crippen LogP contribution in [0.3, 0.4) is 0 Å². The van der Waals surface area contributed by atoms with Crippen LogP contribution < -0.4 is 21.7 Å².